The fourth-order valence-corrected chi connectivity index (χ4v) is 3.65. The zero-order valence-corrected chi connectivity index (χ0v) is 13.1. The van der Waals surface area contributed by atoms with Crippen molar-refractivity contribution >= 4 is 11.7 Å². The molecule has 114 valence electrons. The van der Waals surface area contributed by atoms with Gasteiger partial charge in [0, 0.05) is 32.8 Å². The molecule has 2 aliphatic rings. The highest BCUT2D eigenvalue weighted by Crippen LogP contribution is 2.33. The van der Waals surface area contributed by atoms with Crippen molar-refractivity contribution in [2.45, 2.75) is 52.0 Å². The first-order valence-electron chi connectivity index (χ1n) is 8.15. The maximum Gasteiger partial charge on any atom is 0.219 e. The summed E-state index contributed by atoms with van der Waals surface area (Å²) in [5.74, 6) is 1.28. The second-order valence-electron chi connectivity index (χ2n) is 6.32. The molecule has 1 amide bonds. The van der Waals surface area contributed by atoms with E-state index >= 15 is 0 Å². The SMILES string of the molecule is CC(=O)N1CCCC[C@@H]1c1cnc(N2CCCC2)cc1C. The number of pyridine rings is 1. The number of anilines is 1. The zero-order chi connectivity index (χ0) is 14.8. The van der Waals surface area contributed by atoms with Gasteiger partial charge in [-0.05, 0) is 56.2 Å². The monoisotopic (exact) mass is 287 g/mol. The van der Waals surface area contributed by atoms with E-state index in [-0.39, 0.29) is 11.9 Å². The molecule has 0 spiro atoms. The summed E-state index contributed by atoms with van der Waals surface area (Å²) in [6, 6.07) is 2.42. The number of carbonyl (C=O) groups excluding carboxylic acids is 1. The van der Waals surface area contributed by atoms with E-state index in [4.69, 9.17) is 0 Å². The lowest BCUT2D eigenvalue weighted by Crippen LogP contribution is -2.37. The van der Waals surface area contributed by atoms with Gasteiger partial charge in [-0.2, -0.15) is 0 Å². The summed E-state index contributed by atoms with van der Waals surface area (Å²) < 4.78 is 0. The van der Waals surface area contributed by atoms with Crippen LogP contribution in [0.4, 0.5) is 5.82 Å². The molecule has 0 saturated carbocycles. The van der Waals surface area contributed by atoms with Gasteiger partial charge in [0.2, 0.25) is 5.91 Å². The van der Waals surface area contributed by atoms with Crippen molar-refractivity contribution in [3.05, 3.63) is 23.4 Å². The van der Waals surface area contributed by atoms with Crippen molar-refractivity contribution in [2.24, 2.45) is 0 Å². The number of nitrogens with zero attached hydrogens (tertiary/aromatic N) is 3. The Morgan fingerprint density at radius 1 is 1.19 bits per heavy atom. The van der Waals surface area contributed by atoms with Crippen molar-refractivity contribution in [3.8, 4) is 0 Å². The first-order valence-corrected chi connectivity index (χ1v) is 8.15. The van der Waals surface area contributed by atoms with Gasteiger partial charge in [-0.1, -0.05) is 0 Å². The molecule has 1 aromatic rings. The molecular formula is C17H25N3O. The summed E-state index contributed by atoms with van der Waals surface area (Å²) in [4.78, 5) is 20.9. The van der Waals surface area contributed by atoms with Gasteiger partial charge in [0.25, 0.3) is 0 Å². The number of likely N-dealkylation sites (tertiary alicyclic amines) is 1. The van der Waals surface area contributed by atoms with Crippen LogP contribution in [-0.2, 0) is 4.79 Å². The van der Waals surface area contributed by atoms with Gasteiger partial charge in [0.05, 0.1) is 6.04 Å². The average molecular weight is 287 g/mol. The highest BCUT2D eigenvalue weighted by Gasteiger charge is 2.27. The lowest BCUT2D eigenvalue weighted by molar-refractivity contribution is -0.132. The molecule has 2 saturated heterocycles. The van der Waals surface area contributed by atoms with Crippen molar-refractivity contribution in [1.29, 1.82) is 0 Å². The number of piperidine rings is 1. The van der Waals surface area contributed by atoms with Crippen LogP contribution in [0.3, 0.4) is 0 Å². The number of aromatic nitrogens is 1. The van der Waals surface area contributed by atoms with Crippen LogP contribution in [-0.4, -0.2) is 35.4 Å². The minimum atomic E-state index is 0.183. The van der Waals surface area contributed by atoms with Gasteiger partial charge in [0.1, 0.15) is 5.82 Å². The van der Waals surface area contributed by atoms with E-state index in [0.29, 0.717) is 0 Å². The van der Waals surface area contributed by atoms with Crippen molar-refractivity contribution in [2.75, 3.05) is 24.5 Å². The van der Waals surface area contributed by atoms with Gasteiger partial charge in [-0.3, -0.25) is 4.79 Å². The van der Waals surface area contributed by atoms with Crippen molar-refractivity contribution in [1.82, 2.24) is 9.88 Å². The molecule has 3 heterocycles. The molecule has 0 aromatic carbocycles. The first-order chi connectivity index (χ1) is 10.2. The van der Waals surface area contributed by atoms with Gasteiger partial charge in [-0.25, -0.2) is 4.98 Å². The normalized spacial score (nSPS) is 22.7. The molecule has 3 rings (SSSR count). The van der Waals surface area contributed by atoms with E-state index in [1.807, 2.05) is 11.1 Å². The third kappa shape index (κ3) is 2.89. The van der Waals surface area contributed by atoms with E-state index in [2.05, 4.69) is 22.9 Å². The Morgan fingerprint density at radius 3 is 2.57 bits per heavy atom. The van der Waals surface area contributed by atoms with Gasteiger partial charge >= 0.3 is 0 Å². The number of rotatable bonds is 2. The Hall–Kier alpha value is -1.58. The van der Waals surface area contributed by atoms with E-state index < -0.39 is 0 Å². The first kappa shape index (κ1) is 14.4. The molecule has 2 aliphatic heterocycles. The average Bonchev–Trinajstić information content (AvgIpc) is 3.01. The minimum absolute atomic E-state index is 0.183. The van der Waals surface area contributed by atoms with Crippen LogP contribution in [0, 0.1) is 6.92 Å². The third-order valence-corrected chi connectivity index (χ3v) is 4.83. The van der Waals surface area contributed by atoms with Crippen LogP contribution in [0.1, 0.15) is 56.2 Å². The van der Waals surface area contributed by atoms with Gasteiger partial charge in [0.15, 0.2) is 0 Å². The number of amides is 1. The van der Waals surface area contributed by atoms with Crippen LogP contribution >= 0.6 is 0 Å². The Bertz CT molecular complexity index is 523. The molecule has 0 radical (unpaired) electrons. The van der Waals surface area contributed by atoms with Crippen LogP contribution in [0.15, 0.2) is 12.3 Å². The lowest BCUT2D eigenvalue weighted by Gasteiger charge is -2.36. The summed E-state index contributed by atoms with van der Waals surface area (Å²) in [5.41, 5.74) is 2.50. The quantitative estimate of drug-likeness (QED) is 0.839. The maximum absolute atomic E-state index is 11.9. The van der Waals surface area contributed by atoms with E-state index in [0.717, 1.165) is 38.3 Å². The molecule has 1 aromatic heterocycles. The molecule has 2 fully saturated rings. The molecule has 0 aliphatic carbocycles. The van der Waals surface area contributed by atoms with Gasteiger partial charge in [-0.15, -0.1) is 0 Å². The predicted octanol–water partition coefficient (Wildman–Crippen LogP) is 3.06. The molecule has 0 N–H and O–H groups in total. The molecule has 4 nitrogen and oxygen atoms in total. The fraction of sp³-hybridized carbons (Fsp3) is 0.647. The molecule has 0 unspecified atom stereocenters. The Labute approximate surface area is 127 Å². The van der Waals surface area contributed by atoms with Crippen LogP contribution < -0.4 is 4.90 Å². The smallest absolute Gasteiger partial charge is 0.219 e. The van der Waals surface area contributed by atoms with Crippen molar-refractivity contribution < 1.29 is 4.79 Å². The Kier molecular flexibility index (Phi) is 4.13. The second-order valence-corrected chi connectivity index (χ2v) is 6.32. The summed E-state index contributed by atoms with van der Waals surface area (Å²) in [7, 11) is 0. The van der Waals surface area contributed by atoms with E-state index in [1.165, 1.54) is 30.4 Å². The molecule has 21 heavy (non-hydrogen) atoms. The maximum atomic E-state index is 11.9. The lowest BCUT2D eigenvalue weighted by atomic mass is 9.93. The highest BCUT2D eigenvalue weighted by atomic mass is 16.2. The highest BCUT2D eigenvalue weighted by molar-refractivity contribution is 5.74. The standard InChI is InChI=1S/C17H25N3O/c1-13-11-17(19-8-5-6-9-19)18-12-15(13)16-7-3-4-10-20(16)14(2)21/h11-12,16H,3-10H2,1-2H3/t16-/m1/s1. The molecule has 4 heteroatoms. The van der Waals surface area contributed by atoms with Crippen LogP contribution in [0.5, 0.6) is 0 Å². The number of carbonyl (C=O) groups is 1. The molecular weight excluding hydrogens is 262 g/mol. The topological polar surface area (TPSA) is 36.4 Å². The second kappa shape index (κ2) is 6.04. The van der Waals surface area contributed by atoms with E-state index in [9.17, 15) is 4.79 Å². The fourth-order valence-electron chi connectivity index (χ4n) is 3.65. The largest absolute Gasteiger partial charge is 0.357 e. The Balaban J connectivity index is 1.85. The zero-order valence-electron chi connectivity index (χ0n) is 13.1. The summed E-state index contributed by atoms with van der Waals surface area (Å²) in [6.07, 6.45) is 7.92. The van der Waals surface area contributed by atoms with Crippen LogP contribution in [0.2, 0.25) is 0 Å². The molecule has 1 atom stereocenters. The number of aryl methyl sites for hydroxylation is 1. The summed E-state index contributed by atoms with van der Waals surface area (Å²) >= 11 is 0. The van der Waals surface area contributed by atoms with Crippen LogP contribution in [0.25, 0.3) is 0 Å². The van der Waals surface area contributed by atoms with E-state index in [1.54, 1.807) is 6.92 Å². The Morgan fingerprint density at radius 2 is 1.90 bits per heavy atom. The molecule has 0 bridgehead atoms. The summed E-state index contributed by atoms with van der Waals surface area (Å²) in [6.45, 7) is 6.96. The number of hydrogen-bond donors (Lipinski definition) is 0. The van der Waals surface area contributed by atoms with Crippen molar-refractivity contribution in [3.63, 3.8) is 0 Å². The summed E-state index contributed by atoms with van der Waals surface area (Å²) in [5, 5.41) is 0. The number of hydrogen-bond acceptors (Lipinski definition) is 3. The van der Waals surface area contributed by atoms with Gasteiger partial charge < -0.3 is 9.80 Å². The minimum Gasteiger partial charge on any atom is -0.357 e. The third-order valence-electron chi connectivity index (χ3n) is 4.83. The predicted molar refractivity (Wildman–Crippen MR) is 84.4 cm³/mol.